The number of carbonyl (C=O) groups is 2. The molecule has 0 unspecified atom stereocenters. The summed E-state index contributed by atoms with van der Waals surface area (Å²) in [6, 6.07) is 11.5. The van der Waals surface area contributed by atoms with Crippen LogP contribution < -0.4 is 10.1 Å². The fourth-order valence-corrected chi connectivity index (χ4v) is 3.02. The fourth-order valence-electron chi connectivity index (χ4n) is 3.02. The Kier molecular flexibility index (Phi) is 10.2. The van der Waals surface area contributed by atoms with Gasteiger partial charge in [-0.1, -0.05) is 24.3 Å². The van der Waals surface area contributed by atoms with Crippen molar-refractivity contribution in [3.63, 3.8) is 0 Å². The molecule has 0 radical (unpaired) electrons. The van der Waals surface area contributed by atoms with Crippen LogP contribution in [0, 0.1) is 5.82 Å². The van der Waals surface area contributed by atoms with Crippen molar-refractivity contribution in [2.24, 2.45) is 0 Å². The Hall–Kier alpha value is -3.68. The van der Waals surface area contributed by atoms with Crippen LogP contribution in [0.15, 0.2) is 48.7 Å². The van der Waals surface area contributed by atoms with Gasteiger partial charge in [-0.3, -0.25) is 0 Å². The van der Waals surface area contributed by atoms with Crippen molar-refractivity contribution in [2.45, 2.75) is 31.3 Å². The highest BCUT2D eigenvalue weighted by atomic mass is 19.4. The van der Waals surface area contributed by atoms with Gasteiger partial charge in [0.15, 0.2) is 18.8 Å². The lowest BCUT2D eigenvalue weighted by Gasteiger charge is -2.10. The minimum absolute atomic E-state index is 0.189. The largest absolute Gasteiger partial charge is 0.484 e. The van der Waals surface area contributed by atoms with Gasteiger partial charge in [-0.25, -0.2) is 14.0 Å². The summed E-state index contributed by atoms with van der Waals surface area (Å²) in [5, 5.41) is 36.6. The SMILES string of the molecule is Fc1cccc2c(CCNCc3cccc(OCC(F)(F)F)c3)c[nH]c12.O=C(O)[C@H](O)[C@@H](O)C(=O)O. The highest BCUT2D eigenvalue weighted by Gasteiger charge is 2.29. The van der Waals surface area contributed by atoms with E-state index in [1.54, 1.807) is 24.4 Å². The summed E-state index contributed by atoms with van der Waals surface area (Å²) < 4.78 is 55.0. The van der Waals surface area contributed by atoms with E-state index in [1.807, 2.05) is 12.1 Å². The predicted octanol–water partition coefficient (Wildman–Crippen LogP) is 2.46. The molecule has 3 aromatic rings. The first kappa shape index (κ1) is 28.6. The third kappa shape index (κ3) is 8.83. The van der Waals surface area contributed by atoms with Gasteiger partial charge < -0.3 is 35.5 Å². The number of aliphatic carboxylic acids is 2. The van der Waals surface area contributed by atoms with Crippen molar-refractivity contribution in [1.29, 1.82) is 0 Å². The second-order valence-electron chi connectivity index (χ2n) is 7.52. The van der Waals surface area contributed by atoms with Gasteiger partial charge in [0.25, 0.3) is 0 Å². The molecule has 3 rings (SSSR count). The number of rotatable bonds is 10. The molecule has 2 atom stereocenters. The van der Waals surface area contributed by atoms with Crippen LogP contribution in [-0.2, 0) is 22.6 Å². The van der Waals surface area contributed by atoms with Gasteiger partial charge in [0.1, 0.15) is 11.6 Å². The molecule has 196 valence electrons. The molecular weight excluding hydrogens is 492 g/mol. The van der Waals surface area contributed by atoms with Gasteiger partial charge in [-0.15, -0.1) is 0 Å². The average molecular weight is 516 g/mol. The second kappa shape index (κ2) is 12.9. The summed E-state index contributed by atoms with van der Waals surface area (Å²) in [7, 11) is 0. The van der Waals surface area contributed by atoms with Gasteiger partial charge >= 0.3 is 18.1 Å². The van der Waals surface area contributed by atoms with Crippen molar-refractivity contribution < 1.29 is 52.3 Å². The van der Waals surface area contributed by atoms with E-state index in [1.165, 1.54) is 12.1 Å². The lowest BCUT2D eigenvalue weighted by atomic mass is 10.1. The lowest BCUT2D eigenvalue weighted by Crippen LogP contribution is -2.39. The maximum atomic E-state index is 13.7. The van der Waals surface area contributed by atoms with E-state index in [4.69, 9.17) is 25.2 Å². The molecule has 0 aliphatic carbocycles. The third-order valence-corrected chi connectivity index (χ3v) is 4.76. The number of aromatic amines is 1. The van der Waals surface area contributed by atoms with Gasteiger partial charge in [0, 0.05) is 18.1 Å². The first-order chi connectivity index (χ1) is 16.9. The summed E-state index contributed by atoms with van der Waals surface area (Å²) in [4.78, 5) is 22.5. The molecule has 0 bridgehead atoms. The zero-order valence-electron chi connectivity index (χ0n) is 18.6. The van der Waals surface area contributed by atoms with Gasteiger partial charge in [0.2, 0.25) is 0 Å². The van der Waals surface area contributed by atoms with Crippen molar-refractivity contribution in [3.05, 3.63) is 65.6 Å². The van der Waals surface area contributed by atoms with E-state index in [9.17, 15) is 27.2 Å². The molecule has 6 N–H and O–H groups in total. The smallest absolute Gasteiger partial charge is 0.422 e. The highest BCUT2D eigenvalue weighted by Crippen LogP contribution is 2.21. The number of hydrogen-bond donors (Lipinski definition) is 6. The molecule has 1 aromatic heterocycles. The maximum absolute atomic E-state index is 13.7. The lowest BCUT2D eigenvalue weighted by molar-refractivity contribution is -0.165. The Morgan fingerprint density at radius 2 is 1.67 bits per heavy atom. The summed E-state index contributed by atoms with van der Waals surface area (Å²) >= 11 is 0. The fraction of sp³-hybridized carbons (Fsp3) is 0.304. The topological polar surface area (TPSA) is 152 Å². The standard InChI is InChI=1S/C19H18F4N2O.C4H6O6/c20-17-6-2-5-16-14(11-25-18(16)17)7-8-24-10-13-3-1-4-15(9-13)26-12-19(21,22)23;5-1(3(7)8)2(6)4(9)10/h1-6,9,11,24-25H,7-8,10,12H2;1-2,5-6H,(H,7,8)(H,9,10)/t;1-,2-/m.1/s1. The molecule has 2 aromatic carbocycles. The van der Waals surface area contributed by atoms with Crippen molar-refractivity contribution >= 4 is 22.8 Å². The number of para-hydroxylation sites is 1. The zero-order valence-corrected chi connectivity index (χ0v) is 18.6. The molecule has 1 heterocycles. The minimum atomic E-state index is -4.35. The number of H-pyrrole nitrogens is 1. The van der Waals surface area contributed by atoms with Crippen LogP contribution in [0.25, 0.3) is 10.9 Å². The summed E-state index contributed by atoms with van der Waals surface area (Å²) in [5.41, 5.74) is 2.33. The number of hydrogen-bond acceptors (Lipinski definition) is 6. The second-order valence-corrected chi connectivity index (χ2v) is 7.52. The number of aliphatic hydroxyl groups excluding tert-OH is 2. The number of alkyl halides is 3. The van der Waals surface area contributed by atoms with Crippen molar-refractivity contribution in [3.8, 4) is 5.75 Å². The number of fused-ring (bicyclic) bond motifs is 1. The number of benzene rings is 2. The van der Waals surface area contributed by atoms with Crippen LogP contribution in [-0.4, -0.2) is 68.9 Å². The quantitative estimate of drug-likeness (QED) is 0.178. The number of carboxylic acids is 2. The van der Waals surface area contributed by atoms with Crippen LogP contribution in [0.1, 0.15) is 11.1 Å². The van der Waals surface area contributed by atoms with E-state index in [0.29, 0.717) is 25.0 Å². The van der Waals surface area contributed by atoms with Crippen molar-refractivity contribution in [1.82, 2.24) is 10.3 Å². The number of carboxylic acid groups (broad SMARTS) is 2. The maximum Gasteiger partial charge on any atom is 0.422 e. The normalized spacial score (nSPS) is 12.9. The molecule has 0 spiro atoms. The molecular formula is C23H24F4N2O7. The average Bonchev–Trinajstić information content (AvgIpc) is 3.24. The number of nitrogens with one attached hydrogen (secondary N) is 2. The van der Waals surface area contributed by atoms with Crippen molar-refractivity contribution in [2.75, 3.05) is 13.2 Å². The van der Waals surface area contributed by atoms with Crippen LogP contribution in [0.5, 0.6) is 5.75 Å². The molecule has 0 saturated heterocycles. The Balaban J connectivity index is 0.000000388. The molecule has 0 amide bonds. The molecule has 0 aliphatic heterocycles. The Morgan fingerprint density at radius 1 is 1.03 bits per heavy atom. The van der Waals surface area contributed by atoms with Gasteiger partial charge in [-0.2, -0.15) is 13.2 Å². The first-order valence-electron chi connectivity index (χ1n) is 10.4. The van der Waals surface area contributed by atoms with Crippen LogP contribution in [0.2, 0.25) is 0 Å². The van der Waals surface area contributed by atoms with Gasteiger partial charge in [-0.05, 0) is 42.3 Å². The summed E-state index contributed by atoms with van der Waals surface area (Å²) in [5.74, 6) is -3.63. The third-order valence-electron chi connectivity index (χ3n) is 4.76. The number of ether oxygens (including phenoxy) is 1. The molecule has 13 heteroatoms. The predicted molar refractivity (Wildman–Crippen MR) is 119 cm³/mol. The number of aromatic nitrogens is 1. The zero-order chi connectivity index (χ0) is 26.9. The van der Waals surface area contributed by atoms with Gasteiger partial charge in [0.05, 0.1) is 5.52 Å². The molecule has 0 fully saturated rings. The first-order valence-corrected chi connectivity index (χ1v) is 10.4. The number of halogens is 4. The van der Waals surface area contributed by atoms with Crippen LogP contribution in [0.3, 0.4) is 0 Å². The molecule has 36 heavy (non-hydrogen) atoms. The monoisotopic (exact) mass is 516 g/mol. The highest BCUT2D eigenvalue weighted by molar-refractivity contribution is 5.84. The van der Waals surface area contributed by atoms with E-state index in [-0.39, 0.29) is 11.6 Å². The van der Waals surface area contributed by atoms with Crippen LogP contribution >= 0.6 is 0 Å². The molecule has 9 nitrogen and oxygen atoms in total. The molecule has 0 saturated carbocycles. The van der Waals surface area contributed by atoms with E-state index in [0.717, 1.165) is 16.5 Å². The minimum Gasteiger partial charge on any atom is -0.484 e. The number of aliphatic hydroxyl groups is 2. The Labute approximate surface area is 201 Å². The van der Waals surface area contributed by atoms with Crippen LogP contribution in [0.4, 0.5) is 17.6 Å². The van der Waals surface area contributed by atoms with E-state index < -0.39 is 36.9 Å². The summed E-state index contributed by atoms with van der Waals surface area (Å²) in [6.45, 7) is -0.155. The Bertz CT molecular complexity index is 1150. The Morgan fingerprint density at radius 3 is 2.28 bits per heavy atom. The molecule has 0 aliphatic rings. The van der Waals surface area contributed by atoms with E-state index in [2.05, 4.69) is 10.3 Å². The van der Waals surface area contributed by atoms with E-state index >= 15 is 0 Å². The summed E-state index contributed by atoms with van der Waals surface area (Å²) in [6.07, 6.45) is -6.39.